The molecule has 0 aromatic heterocycles. The summed E-state index contributed by atoms with van der Waals surface area (Å²) < 4.78 is 0. The fourth-order valence-corrected chi connectivity index (χ4v) is 1.23. The number of carboxylic acids is 1. The van der Waals surface area contributed by atoms with E-state index in [-0.39, 0.29) is 6.42 Å². The molecule has 14 heavy (non-hydrogen) atoms. The first-order chi connectivity index (χ1) is 6.74. The molecule has 3 heteroatoms. The molecule has 1 aromatic carbocycles. The number of carboxylic acid groups (broad SMARTS) is 1. The Balaban J connectivity index is 2.96. The maximum absolute atomic E-state index is 10.5. The first-order valence-corrected chi connectivity index (χ1v) is 5.20. The lowest BCUT2D eigenvalue weighted by Crippen LogP contribution is -2.01. The van der Waals surface area contributed by atoms with Crippen LogP contribution in [0.2, 0.25) is 0 Å². The third kappa shape index (κ3) is 3.23. The van der Waals surface area contributed by atoms with Gasteiger partial charge in [0, 0.05) is 5.56 Å². The van der Waals surface area contributed by atoms with Gasteiger partial charge in [-0.3, -0.25) is 4.79 Å². The molecule has 2 nitrogen and oxygen atoms in total. The molecule has 1 aromatic rings. The van der Waals surface area contributed by atoms with Crippen LogP contribution in [0.5, 0.6) is 0 Å². The van der Waals surface area contributed by atoms with Crippen molar-refractivity contribution in [2.75, 3.05) is 5.33 Å². The number of aliphatic carboxylic acids is 1. The van der Waals surface area contributed by atoms with Gasteiger partial charge in [-0.1, -0.05) is 46.0 Å². The highest BCUT2D eigenvalue weighted by molar-refractivity contribution is 9.09. The van der Waals surface area contributed by atoms with Crippen LogP contribution in [0.25, 0.3) is 0 Å². The summed E-state index contributed by atoms with van der Waals surface area (Å²) in [4.78, 5) is 10.5. The molecule has 0 saturated carbocycles. The highest BCUT2D eigenvalue weighted by Gasteiger charge is 2.03. The van der Waals surface area contributed by atoms with Gasteiger partial charge >= 0.3 is 5.97 Å². The van der Waals surface area contributed by atoms with Crippen LogP contribution < -0.4 is 0 Å². The zero-order valence-electron chi connectivity index (χ0n) is 7.46. The van der Waals surface area contributed by atoms with E-state index in [1.165, 1.54) is 0 Å². The lowest BCUT2D eigenvalue weighted by Gasteiger charge is -1.99. The van der Waals surface area contributed by atoms with E-state index >= 15 is 0 Å². The van der Waals surface area contributed by atoms with Gasteiger partial charge in [0.2, 0.25) is 0 Å². The lowest BCUT2D eigenvalue weighted by molar-refractivity contribution is -0.136. The Bertz CT molecular complexity index is 388. The van der Waals surface area contributed by atoms with E-state index in [9.17, 15) is 4.79 Å². The van der Waals surface area contributed by atoms with Crippen molar-refractivity contribution in [1.82, 2.24) is 0 Å². The highest BCUT2D eigenvalue weighted by atomic mass is 79.9. The van der Waals surface area contributed by atoms with Crippen LogP contribution in [-0.4, -0.2) is 16.4 Å². The van der Waals surface area contributed by atoms with Gasteiger partial charge in [-0.05, 0) is 11.6 Å². The Hall–Kier alpha value is -1.27. The van der Waals surface area contributed by atoms with Gasteiger partial charge in [0.25, 0.3) is 0 Å². The molecule has 0 amide bonds. The average Bonchev–Trinajstić information content (AvgIpc) is 2.16. The van der Waals surface area contributed by atoms with E-state index in [1.807, 2.05) is 18.2 Å². The van der Waals surface area contributed by atoms with E-state index in [0.29, 0.717) is 5.33 Å². The summed E-state index contributed by atoms with van der Waals surface area (Å²) in [5, 5.41) is 9.25. The standard InChI is InChI=1S/C11H9BrO2/c12-7-3-6-9-4-1-2-5-10(9)8-11(13)14/h1-2,4-5H,7-8H2,(H,13,14). The molecule has 72 valence electrons. The van der Waals surface area contributed by atoms with Crippen molar-refractivity contribution >= 4 is 21.9 Å². The maximum Gasteiger partial charge on any atom is 0.307 e. The van der Waals surface area contributed by atoms with E-state index in [0.717, 1.165) is 11.1 Å². The minimum atomic E-state index is -0.835. The second kappa shape index (κ2) is 5.46. The summed E-state index contributed by atoms with van der Waals surface area (Å²) in [5.74, 6) is 4.92. The Kier molecular flexibility index (Phi) is 4.21. The Morgan fingerprint density at radius 3 is 2.79 bits per heavy atom. The topological polar surface area (TPSA) is 37.3 Å². The number of halogens is 1. The van der Waals surface area contributed by atoms with Crippen LogP contribution >= 0.6 is 15.9 Å². The van der Waals surface area contributed by atoms with Crippen molar-refractivity contribution in [2.24, 2.45) is 0 Å². The molecule has 0 bridgehead atoms. The van der Waals surface area contributed by atoms with Gasteiger partial charge in [-0.25, -0.2) is 0 Å². The van der Waals surface area contributed by atoms with Gasteiger partial charge < -0.3 is 5.11 Å². The van der Waals surface area contributed by atoms with E-state index < -0.39 is 5.97 Å². The Labute approximate surface area is 91.1 Å². The van der Waals surface area contributed by atoms with Crippen molar-refractivity contribution in [1.29, 1.82) is 0 Å². The largest absolute Gasteiger partial charge is 0.481 e. The zero-order chi connectivity index (χ0) is 10.4. The smallest absolute Gasteiger partial charge is 0.307 e. The molecule has 0 spiro atoms. The summed E-state index contributed by atoms with van der Waals surface area (Å²) in [7, 11) is 0. The molecule has 0 aliphatic heterocycles. The first kappa shape index (κ1) is 10.8. The lowest BCUT2D eigenvalue weighted by atomic mass is 10.1. The van der Waals surface area contributed by atoms with Crippen molar-refractivity contribution in [3.63, 3.8) is 0 Å². The average molecular weight is 253 g/mol. The minimum Gasteiger partial charge on any atom is -0.481 e. The summed E-state index contributed by atoms with van der Waals surface area (Å²) in [5.41, 5.74) is 1.54. The number of hydrogen-bond acceptors (Lipinski definition) is 1. The number of carbonyl (C=O) groups is 1. The Morgan fingerprint density at radius 1 is 1.43 bits per heavy atom. The molecule has 0 fully saturated rings. The quantitative estimate of drug-likeness (QED) is 0.647. The van der Waals surface area contributed by atoms with Gasteiger partial charge in [-0.2, -0.15) is 0 Å². The van der Waals surface area contributed by atoms with Crippen LogP contribution in [0.15, 0.2) is 24.3 Å². The molecule has 0 atom stereocenters. The number of alkyl halides is 1. The minimum absolute atomic E-state index is 0.0210. The molecule has 1 N–H and O–H groups in total. The number of rotatable bonds is 2. The van der Waals surface area contributed by atoms with Crippen LogP contribution in [0.4, 0.5) is 0 Å². The molecular weight excluding hydrogens is 244 g/mol. The van der Waals surface area contributed by atoms with Gasteiger partial charge in [0.1, 0.15) is 0 Å². The monoisotopic (exact) mass is 252 g/mol. The van der Waals surface area contributed by atoms with Gasteiger partial charge in [-0.15, -0.1) is 0 Å². The fraction of sp³-hybridized carbons (Fsp3) is 0.182. The van der Waals surface area contributed by atoms with Crippen molar-refractivity contribution in [3.05, 3.63) is 35.4 Å². The zero-order valence-corrected chi connectivity index (χ0v) is 9.04. The summed E-state index contributed by atoms with van der Waals surface area (Å²) in [6.45, 7) is 0. The third-order valence-corrected chi connectivity index (χ3v) is 1.93. The fourth-order valence-electron chi connectivity index (χ4n) is 1.09. The summed E-state index contributed by atoms with van der Waals surface area (Å²) in [6, 6.07) is 7.28. The number of benzene rings is 1. The third-order valence-electron chi connectivity index (χ3n) is 1.65. The van der Waals surface area contributed by atoms with Crippen molar-refractivity contribution in [3.8, 4) is 11.8 Å². The van der Waals surface area contributed by atoms with Crippen molar-refractivity contribution in [2.45, 2.75) is 6.42 Å². The molecule has 1 rings (SSSR count). The van der Waals surface area contributed by atoms with Crippen molar-refractivity contribution < 1.29 is 9.90 Å². The second-order valence-electron chi connectivity index (χ2n) is 2.66. The molecule has 0 unspecified atom stereocenters. The molecule has 0 heterocycles. The van der Waals surface area contributed by atoms with Crippen LogP contribution in [-0.2, 0) is 11.2 Å². The SMILES string of the molecule is O=C(O)Cc1ccccc1C#CCBr. The molecule has 0 aliphatic carbocycles. The van der Waals surface area contributed by atoms with Crippen LogP contribution in [0.1, 0.15) is 11.1 Å². The summed E-state index contributed by atoms with van der Waals surface area (Å²) in [6.07, 6.45) is 0.0210. The summed E-state index contributed by atoms with van der Waals surface area (Å²) >= 11 is 3.19. The van der Waals surface area contributed by atoms with Crippen LogP contribution in [0.3, 0.4) is 0 Å². The molecule has 0 saturated heterocycles. The Morgan fingerprint density at radius 2 is 2.14 bits per heavy atom. The van der Waals surface area contributed by atoms with E-state index in [2.05, 4.69) is 27.8 Å². The molecule has 0 aliphatic rings. The highest BCUT2D eigenvalue weighted by Crippen LogP contribution is 2.07. The molecular formula is C11H9BrO2. The van der Waals surface area contributed by atoms with Gasteiger partial charge in [0.05, 0.1) is 11.8 Å². The van der Waals surface area contributed by atoms with Gasteiger partial charge in [0.15, 0.2) is 0 Å². The second-order valence-corrected chi connectivity index (χ2v) is 3.22. The number of hydrogen-bond donors (Lipinski definition) is 1. The first-order valence-electron chi connectivity index (χ1n) is 4.08. The van der Waals surface area contributed by atoms with E-state index in [4.69, 9.17) is 5.11 Å². The predicted molar refractivity (Wildman–Crippen MR) is 58.5 cm³/mol. The molecule has 0 radical (unpaired) electrons. The van der Waals surface area contributed by atoms with E-state index in [1.54, 1.807) is 6.07 Å². The predicted octanol–water partition coefficient (Wildman–Crippen LogP) is 2.06. The maximum atomic E-state index is 10.5. The van der Waals surface area contributed by atoms with Crippen LogP contribution in [0, 0.1) is 11.8 Å². The normalized spacial score (nSPS) is 8.93.